The molecule has 1 amide bonds. The third-order valence-electron chi connectivity index (χ3n) is 5.53. The van der Waals surface area contributed by atoms with Gasteiger partial charge in [0.25, 0.3) is 0 Å². The number of ether oxygens (including phenoxy) is 1. The fourth-order valence-corrected chi connectivity index (χ4v) is 4.51. The van der Waals surface area contributed by atoms with Crippen LogP contribution >= 0.6 is 11.3 Å². The lowest BCUT2D eigenvalue weighted by molar-refractivity contribution is -0.120. The highest BCUT2D eigenvalue weighted by molar-refractivity contribution is 7.13. The van der Waals surface area contributed by atoms with Crippen LogP contribution in [-0.2, 0) is 11.2 Å². The monoisotopic (exact) mass is 425 g/mol. The molecule has 1 aromatic carbocycles. The normalized spacial score (nSPS) is 15.3. The number of rotatable bonds is 8. The second kappa shape index (κ2) is 9.45. The molecule has 1 aliphatic heterocycles. The van der Waals surface area contributed by atoms with Gasteiger partial charge in [-0.05, 0) is 62.0 Å². The van der Waals surface area contributed by atoms with E-state index in [2.05, 4.69) is 27.3 Å². The zero-order valence-corrected chi connectivity index (χ0v) is 18.2. The van der Waals surface area contributed by atoms with E-state index in [1.807, 2.05) is 36.6 Å². The first-order chi connectivity index (χ1) is 14.6. The van der Waals surface area contributed by atoms with Crippen LogP contribution in [0.4, 0.5) is 0 Å². The molecule has 1 fully saturated rings. The lowest BCUT2D eigenvalue weighted by Gasteiger charge is -2.28. The molecule has 1 aliphatic rings. The second-order valence-corrected chi connectivity index (χ2v) is 8.46. The molecule has 3 aromatic rings. The van der Waals surface area contributed by atoms with Crippen molar-refractivity contribution in [1.82, 2.24) is 15.2 Å². The number of aromatic nitrogens is 1. The second-order valence-electron chi connectivity index (χ2n) is 7.51. The molecule has 0 radical (unpaired) electrons. The first kappa shape index (κ1) is 20.6. The Bertz CT molecular complexity index is 960. The number of carbonyl (C=O) groups is 1. The van der Waals surface area contributed by atoms with Gasteiger partial charge in [0.15, 0.2) is 0 Å². The van der Waals surface area contributed by atoms with E-state index >= 15 is 0 Å². The maximum absolute atomic E-state index is 12.7. The predicted octanol–water partition coefficient (Wildman–Crippen LogP) is 4.22. The fraction of sp³-hybridized carbons (Fsp3) is 0.391. The summed E-state index contributed by atoms with van der Waals surface area (Å²) in [6.45, 7) is 4.54. The molecule has 6 nitrogen and oxygen atoms in total. The molecule has 1 saturated heterocycles. The predicted molar refractivity (Wildman–Crippen MR) is 118 cm³/mol. The van der Waals surface area contributed by atoms with Crippen LogP contribution in [0.1, 0.15) is 35.9 Å². The van der Waals surface area contributed by atoms with E-state index in [-0.39, 0.29) is 18.4 Å². The van der Waals surface area contributed by atoms with Crippen LogP contribution in [-0.4, -0.2) is 42.5 Å². The van der Waals surface area contributed by atoms with E-state index in [1.165, 1.54) is 18.4 Å². The van der Waals surface area contributed by atoms with Crippen molar-refractivity contribution in [3.8, 4) is 16.5 Å². The van der Waals surface area contributed by atoms with Crippen molar-refractivity contribution >= 4 is 17.2 Å². The van der Waals surface area contributed by atoms with Crippen molar-refractivity contribution in [3.63, 3.8) is 0 Å². The molecule has 0 aliphatic carbocycles. The fourth-order valence-electron chi connectivity index (χ4n) is 3.86. The number of likely N-dealkylation sites (tertiary alicyclic amines) is 1. The number of benzene rings is 1. The van der Waals surface area contributed by atoms with Gasteiger partial charge in [0.2, 0.25) is 11.8 Å². The van der Waals surface area contributed by atoms with Crippen LogP contribution in [0.2, 0.25) is 0 Å². The van der Waals surface area contributed by atoms with Gasteiger partial charge in [0, 0.05) is 6.54 Å². The van der Waals surface area contributed by atoms with Crippen molar-refractivity contribution in [3.05, 3.63) is 58.8 Å². The summed E-state index contributed by atoms with van der Waals surface area (Å²) < 4.78 is 11.0. The Hall–Kier alpha value is -2.64. The first-order valence-electron chi connectivity index (χ1n) is 10.3. The van der Waals surface area contributed by atoms with E-state index < -0.39 is 0 Å². The van der Waals surface area contributed by atoms with E-state index in [1.54, 1.807) is 18.4 Å². The molecule has 30 heavy (non-hydrogen) atoms. The number of nitrogens with one attached hydrogen (secondary N) is 1. The molecule has 158 valence electrons. The topological polar surface area (TPSA) is 67.6 Å². The Kier molecular flexibility index (Phi) is 6.50. The minimum absolute atomic E-state index is 0.0400. The van der Waals surface area contributed by atoms with Crippen molar-refractivity contribution < 1.29 is 13.9 Å². The standard InChI is InChI=1S/C23H27N3O3S/c1-16-19(25-23(29-16)21-6-5-13-30-21)14-22(27)24-15-20(26-11-3-4-12-26)17-7-9-18(28-2)10-8-17/h5-10,13,20H,3-4,11-12,14-15H2,1-2H3,(H,24,27). The lowest BCUT2D eigenvalue weighted by Crippen LogP contribution is -2.37. The van der Waals surface area contributed by atoms with Crippen molar-refractivity contribution in [1.29, 1.82) is 0 Å². The highest BCUT2D eigenvalue weighted by Gasteiger charge is 2.24. The SMILES string of the molecule is COc1ccc(C(CNC(=O)Cc2nc(-c3cccs3)oc2C)N2CCCC2)cc1. The quantitative estimate of drug-likeness (QED) is 0.585. The number of oxazole rings is 1. The Morgan fingerprint density at radius 1 is 1.27 bits per heavy atom. The number of aryl methyl sites for hydroxylation is 1. The molecule has 4 rings (SSSR count). The molecule has 1 atom stereocenters. The summed E-state index contributed by atoms with van der Waals surface area (Å²) in [5, 5.41) is 5.10. The van der Waals surface area contributed by atoms with Crippen molar-refractivity contribution in [2.24, 2.45) is 0 Å². The van der Waals surface area contributed by atoms with E-state index in [9.17, 15) is 4.79 Å². The zero-order valence-electron chi connectivity index (χ0n) is 17.4. The summed E-state index contributed by atoms with van der Waals surface area (Å²) in [7, 11) is 1.67. The number of carbonyl (C=O) groups excluding carboxylic acids is 1. The van der Waals surface area contributed by atoms with Gasteiger partial charge in [-0.3, -0.25) is 9.69 Å². The third-order valence-corrected chi connectivity index (χ3v) is 6.39. The number of hydrogen-bond acceptors (Lipinski definition) is 6. The highest BCUT2D eigenvalue weighted by Crippen LogP contribution is 2.27. The average molecular weight is 426 g/mol. The van der Waals surface area contributed by atoms with Gasteiger partial charge in [-0.25, -0.2) is 4.98 Å². The Labute approximate surface area is 180 Å². The number of thiophene rings is 1. The highest BCUT2D eigenvalue weighted by atomic mass is 32.1. The lowest BCUT2D eigenvalue weighted by atomic mass is 10.0. The Balaban J connectivity index is 1.41. The summed E-state index contributed by atoms with van der Waals surface area (Å²) in [4.78, 5) is 20.6. The zero-order chi connectivity index (χ0) is 20.9. The van der Waals surface area contributed by atoms with Crippen LogP contribution in [0, 0.1) is 6.92 Å². The van der Waals surface area contributed by atoms with Gasteiger partial charge in [-0.15, -0.1) is 11.3 Å². The molecule has 0 spiro atoms. The molecule has 1 N–H and O–H groups in total. The summed E-state index contributed by atoms with van der Waals surface area (Å²) in [5.41, 5.74) is 1.88. The first-order valence-corrected chi connectivity index (χ1v) is 11.2. The molecule has 0 bridgehead atoms. The molecular formula is C23H27N3O3S. The summed E-state index contributed by atoms with van der Waals surface area (Å²) in [6.07, 6.45) is 2.62. The van der Waals surface area contributed by atoms with Crippen LogP contribution in [0.25, 0.3) is 10.8 Å². The molecular weight excluding hydrogens is 398 g/mol. The number of methoxy groups -OCH3 is 1. The van der Waals surface area contributed by atoms with Crippen LogP contribution < -0.4 is 10.1 Å². The molecule has 2 aromatic heterocycles. The van der Waals surface area contributed by atoms with E-state index in [0.29, 0.717) is 23.9 Å². The maximum atomic E-state index is 12.7. The van der Waals surface area contributed by atoms with Gasteiger partial charge in [0.05, 0.1) is 30.1 Å². The molecule has 7 heteroatoms. The van der Waals surface area contributed by atoms with Gasteiger partial charge >= 0.3 is 0 Å². The molecule has 1 unspecified atom stereocenters. The third kappa shape index (κ3) is 4.74. The largest absolute Gasteiger partial charge is 0.497 e. The number of hydrogen-bond donors (Lipinski definition) is 1. The Morgan fingerprint density at radius 3 is 2.70 bits per heavy atom. The van der Waals surface area contributed by atoms with Crippen LogP contribution in [0.5, 0.6) is 5.75 Å². The minimum Gasteiger partial charge on any atom is -0.497 e. The van der Waals surface area contributed by atoms with E-state index in [4.69, 9.17) is 9.15 Å². The number of amides is 1. The van der Waals surface area contributed by atoms with Gasteiger partial charge in [-0.1, -0.05) is 18.2 Å². The smallest absolute Gasteiger partial charge is 0.236 e. The minimum atomic E-state index is -0.0400. The average Bonchev–Trinajstić information content (AvgIpc) is 3.52. The van der Waals surface area contributed by atoms with E-state index in [0.717, 1.165) is 23.7 Å². The van der Waals surface area contributed by atoms with Crippen LogP contribution in [0.3, 0.4) is 0 Å². The van der Waals surface area contributed by atoms with Crippen molar-refractivity contribution in [2.45, 2.75) is 32.2 Å². The maximum Gasteiger partial charge on any atom is 0.236 e. The number of nitrogens with zero attached hydrogens (tertiary/aromatic N) is 2. The Morgan fingerprint density at radius 2 is 2.03 bits per heavy atom. The summed E-state index contributed by atoms with van der Waals surface area (Å²) in [5.74, 6) is 2.08. The molecule has 3 heterocycles. The summed E-state index contributed by atoms with van der Waals surface area (Å²) >= 11 is 1.57. The van der Waals surface area contributed by atoms with Gasteiger partial charge in [0.1, 0.15) is 11.5 Å². The molecule has 0 saturated carbocycles. The summed E-state index contributed by atoms with van der Waals surface area (Å²) in [6, 6.07) is 12.2. The van der Waals surface area contributed by atoms with Gasteiger partial charge in [-0.2, -0.15) is 0 Å². The van der Waals surface area contributed by atoms with Crippen molar-refractivity contribution in [2.75, 3.05) is 26.7 Å². The van der Waals surface area contributed by atoms with Gasteiger partial charge < -0.3 is 14.5 Å². The van der Waals surface area contributed by atoms with Crippen LogP contribution in [0.15, 0.2) is 46.2 Å².